The molecule has 0 aromatic heterocycles. The Balaban J connectivity index is 1.48. The second-order valence-corrected chi connectivity index (χ2v) is 9.39. The monoisotopic (exact) mass is 487 g/mol. The summed E-state index contributed by atoms with van der Waals surface area (Å²) in [6, 6.07) is 9.79. The molecule has 12 heteroatoms. The SMILES string of the molecule is O=C(COc1ccccc1C1SCCS1)NCCNc1ccc(C(F)(F)F)cc1[N+](=O)[O-]. The fourth-order valence-corrected chi connectivity index (χ4v) is 5.86. The number of para-hydroxylation sites is 1. The van der Waals surface area contributed by atoms with Crippen molar-refractivity contribution in [3.8, 4) is 5.75 Å². The number of nitrogens with one attached hydrogen (secondary N) is 2. The molecule has 0 saturated carbocycles. The first-order valence-electron chi connectivity index (χ1n) is 9.57. The molecule has 172 valence electrons. The van der Waals surface area contributed by atoms with Crippen molar-refractivity contribution in [2.24, 2.45) is 0 Å². The van der Waals surface area contributed by atoms with Gasteiger partial charge < -0.3 is 15.4 Å². The molecule has 1 aliphatic heterocycles. The number of thioether (sulfide) groups is 2. The highest BCUT2D eigenvalue weighted by molar-refractivity contribution is 8.19. The minimum absolute atomic E-state index is 0.0611. The summed E-state index contributed by atoms with van der Waals surface area (Å²) < 4.78 is 44.2. The Morgan fingerprint density at radius 1 is 1.16 bits per heavy atom. The minimum atomic E-state index is -4.68. The predicted octanol–water partition coefficient (Wildman–Crippen LogP) is 4.70. The van der Waals surface area contributed by atoms with E-state index in [2.05, 4.69) is 10.6 Å². The Labute approximate surface area is 190 Å². The van der Waals surface area contributed by atoms with Crippen molar-refractivity contribution in [3.05, 3.63) is 63.7 Å². The largest absolute Gasteiger partial charge is 0.483 e. The van der Waals surface area contributed by atoms with Gasteiger partial charge in [0.05, 0.1) is 15.1 Å². The van der Waals surface area contributed by atoms with E-state index < -0.39 is 22.4 Å². The quantitative estimate of drug-likeness (QED) is 0.301. The average molecular weight is 488 g/mol. The fourth-order valence-electron chi connectivity index (χ4n) is 2.95. The molecule has 2 aromatic carbocycles. The van der Waals surface area contributed by atoms with E-state index in [1.165, 1.54) is 0 Å². The number of nitro groups is 1. The van der Waals surface area contributed by atoms with Crippen LogP contribution in [0.3, 0.4) is 0 Å². The molecule has 32 heavy (non-hydrogen) atoms. The number of halogens is 3. The number of rotatable bonds is 9. The van der Waals surface area contributed by atoms with Crippen molar-refractivity contribution in [2.45, 2.75) is 10.8 Å². The lowest BCUT2D eigenvalue weighted by Crippen LogP contribution is -2.32. The standard InChI is InChI=1S/C20H20F3N3O4S2/c21-20(22,23)13-5-6-15(16(11-13)26(28)29)24-7-8-25-18(27)12-30-17-4-2-1-3-14(17)19-31-9-10-32-19/h1-6,11,19,24H,7-10,12H2,(H,25,27). The molecule has 1 heterocycles. The van der Waals surface area contributed by atoms with E-state index in [9.17, 15) is 28.1 Å². The van der Waals surface area contributed by atoms with Gasteiger partial charge in [0.2, 0.25) is 0 Å². The number of hydrogen-bond donors (Lipinski definition) is 2. The lowest BCUT2D eigenvalue weighted by atomic mass is 10.1. The molecule has 1 amide bonds. The molecule has 1 saturated heterocycles. The predicted molar refractivity (Wildman–Crippen MR) is 119 cm³/mol. The Bertz CT molecular complexity index is 969. The number of hydrogen-bond acceptors (Lipinski definition) is 7. The van der Waals surface area contributed by atoms with E-state index in [1.807, 2.05) is 47.8 Å². The molecular formula is C20H20F3N3O4S2. The maximum atomic E-state index is 12.8. The molecule has 0 spiro atoms. The van der Waals surface area contributed by atoms with Crippen molar-refractivity contribution in [1.29, 1.82) is 0 Å². The van der Waals surface area contributed by atoms with E-state index >= 15 is 0 Å². The van der Waals surface area contributed by atoms with Gasteiger partial charge in [-0.1, -0.05) is 18.2 Å². The second kappa shape index (κ2) is 10.8. The molecule has 0 bridgehead atoms. The van der Waals surface area contributed by atoms with Crippen LogP contribution in [-0.2, 0) is 11.0 Å². The molecule has 2 aromatic rings. The van der Waals surface area contributed by atoms with Crippen molar-refractivity contribution >= 4 is 40.8 Å². The second-order valence-electron chi connectivity index (χ2n) is 6.66. The molecule has 7 nitrogen and oxygen atoms in total. The highest BCUT2D eigenvalue weighted by atomic mass is 32.2. The Kier molecular flexibility index (Phi) is 8.13. The number of amides is 1. The summed E-state index contributed by atoms with van der Waals surface area (Å²) in [4.78, 5) is 22.3. The zero-order valence-electron chi connectivity index (χ0n) is 16.7. The van der Waals surface area contributed by atoms with Crippen LogP contribution in [0.1, 0.15) is 15.7 Å². The van der Waals surface area contributed by atoms with Crippen molar-refractivity contribution in [2.75, 3.05) is 36.5 Å². The Morgan fingerprint density at radius 2 is 1.88 bits per heavy atom. The van der Waals surface area contributed by atoms with Crippen LogP contribution in [0.4, 0.5) is 24.5 Å². The number of nitro benzene ring substituents is 1. The highest BCUT2D eigenvalue weighted by Gasteiger charge is 2.33. The van der Waals surface area contributed by atoms with Gasteiger partial charge in [0.25, 0.3) is 11.6 Å². The number of alkyl halides is 3. The van der Waals surface area contributed by atoms with Gasteiger partial charge in [0.1, 0.15) is 11.4 Å². The summed E-state index contributed by atoms with van der Waals surface area (Å²) in [5.41, 5.74) is -0.818. The van der Waals surface area contributed by atoms with Gasteiger partial charge in [-0.3, -0.25) is 14.9 Å². The molecule has 0 atom stereocenters. The number of benzene rings is 2. The summed E-state index contributed by atoms with van der Waals surface area (Å²) in [6.07, 6.45) is -4.68. The highest BCUT2D eigenvalue weighted by Crippen LogP contribution is 2.48. The van der Waals surface area contributed by atoms with Crippen molar-refractivity contribution in [3.63, 3.8) is 0 Å². The van der Waals surface area contributed by atoms with Gasteiger partial charge in [-0.15, -0.1) is 23.5 Å². The molecule has 1 fully saturated rings. The van der Waals surface area contributed by atoms with Crippen LogP contribution in [0, 0.1) is 10.1 Å². The average Bonchev–Trinajstić information content (AvgIpc) is 3.29. The van der Waals surface area contributed by atoms with Gasteiger partial charge in [-0.2, -0.15) is 13.2 Å². The first kappa shape index (κ1) is 24.1. The summed E-state index contributed by atoms with van der Waals surface area (Å²) in [7, 11) is 0. The number of nitrogens with zero attached hydrogens (tertiary/aromatic N) is 1. The third-order valence-electron chi connectivity index (χ3n) is 4.44. The Hall–Kier alpha value is -2.60. The van der Waals surface area contributed by atoms with Gasteiger partial charge >= 0.3 is 6.18 Å². The molecule has 1 aliphatic rings. The van der Waals surface area contributed by atoms with Crippen LogP contribution in [0.5, 0.6) is 5.75 Å². The fraction of sp³-hybridized carbons (Fsp3) is 0.350. The third-order valence-corrected chi connectivity index (χ3v) is 7.51. The van der Waals surface area contributed by atoms with Crippen LogP contribution in [0.25, 0.3) is 0 Å². The van der Waals surface area contributed by atoms with Crippen LogP contribution in [-0.4, -0.2) is 42.0 Å². The van der Waals surface area contributed by atoms with Crippen LogP contribution < -0.4 is 15.4 Å². The molecule has 3 rings (SSSR count). The molecule has 0 aliphatic carbocycles. The van der Waals surface area contributed by atoms with Gasteiger partial charge in [-0.25, -0.2) is 0 Å². The maximum absolute atomic E-state index is 12.8. The van der Waals surface area contributed by atoms with Crippen molar-refractivity contribution < 1.29 is 27.6 Å². The van der Waals surface area contributed by atoms with E-state index in [0.29, 0.717) is 11.8 Å². The number of ether oxygens (including phenoxy) is 1. The number of carbonyl (C=O) groups is 1. The van der Waals surface area contributed by atoms with Crippen LogP contribution >= 0.6 is 23.5 Å². The zero-order valence-corrected chi connectivity index (χ0v) is 18.3. The lowest BCUT2D eigenvalue weighted by molar-refractivity contribution is -0.384. The van der Waals surface area contributed by atoms with Crippen LogP contribution in [0.2, 0.25) is 0 Å². The van der Waals surface area contributed by atoms with E-state index in [1.54, 1.807) is 0 Å². The van der Waals surface area contributed by atoms with Gasteiger partial charge in [0, 0.05) is 36.2 Å². The lowest BCUT2D eigenvalue weighted by Gasteiger charge is -2.15. The maximum Gasteiger partial charge on any atom is 0.416 e. The van der Waals surface area contributed by atoms with E-state index in [4.69, 9.17) is 4.74 Å². The van der Waals surface area contributed by atoms with Gasteiger partial charge in [-0.05, 0) is 18.2 Å². The summed E-state index contributed by atoms with van der Waals surface area (Å²) in [5, 5.41) is 16.4. The Morgan fingerprint density at radius 3 is 2.56 bits per heavy atom. The van der Waals surface area contributed by atoms with Gasteiger partial charge in [0.15, 0.2) is 6.61 Å². The topological polar surface area (TPSA) is 93.5 Å². The zero-order chi connectivity index (χ0) is 23.1. The summed E-state index contributed by atoms with van der Waals surface area (Å²) in [5.74, 6) is 2.39. The van der Waals surface area contributed by atoms with E-state index in [0.717, 1.165) is 29.2 Å². The number of anilines is 1. The minimum Gasteiger partial charge on any atom is -0.483 e. The van der Waals surface area contributed by atoms with Crippen molar-refractivity contribution in [1.82, 2.24) is 5.32 Å². The smallest absolute Gasteiger partial charge is 0.416 e. The number of carbonyl (C=O) groups excluding carboxylic acids is 1. The van der Waals surface area contributed by atoms with Crippen LogP contribution in [0.15, 0.2) is 42.5 Å². The first-order chi connectivity index (χ1) is 15.3. The van der Waals surface area contributed by atoms with E-state index in [-0.39, 0.29) is 35.9 Å². The summed E-state index contributed by atoms with van der Waals surface area (Å²) >= 11 is 3.66. The molecule has 2 N–H and O–H groups in total. The molecule has 0 radical (unpaired) electrons. The normalized spacial score (nSPS) is 14.2. The molecular weight excluding hydrogens is 467 g/mol. The summed E-state index contributed by atoms with van der Waals surface area (Å²) in [6.45, 7) is -0.000273. The first-order valence-corrected chi connectivity index (χ1v) is 11.7. The third kappa shape index (κ3) is 6.45. The molecule has 0 unspecified atom stereocenters.